The molecule has 3 heterocycles. The van der Waals surface area contributed by atoms with E-state index < -0.39 is 30.2 Å². The molecule has 1 unspecified atom stereocenters. The minimum atomic E-state index is -3.09. The number of hydrogen-bond donors (Lipinski definition) is 0. The van der Waals surface area contributed by atoms with Crippen molar-refractivity contribution < 1.29 is 22.8 Å². The maximum Gasteiger partial charge on any atom is 0.291 e. The third-order valence-electron chi connectivity index (χ3n) is 4.47. The number of oxazole rings is 1. The summed E-state index contributed by atoms with van der Waals surface area (Å²) in [6.07, 6.45) is 0.925. The highest BCUT2D eigenvalue weighted by Gasteiger charge is 2.57. The maximum atomic E-state index is 14.1. The van der Waals surface area contributed by atoms with E-state index in [1.54, 1.807) is 14.0 Å². The Hall–Kier alpha value is -1.99. The Labute approximate surface area is 126 Å². The van der Waals surface area contributed by atoms with Gasteiger partial charge in [-0.05, 0) is 13.3 Å². The van der Waals surface area contributed by atoms with E-state index in [1.165, 1.54) is 4.90 Å². The van der Waals surface area contributed by atoms with Crippen molar-refractivity contribution in [2.75, 3.05) is 26.7 Å². The summed E-state index contributed by atoms with van der Waals surface area (Å²) in [6.45, 7) is 1.29. The number of alkyl halides is 2. The predicted molar refractivity (Wildman–Crippen MR) is 71.4 cm³/mol. The number of hydrogen-bond acceptors (Lipinski definition) is 4. The molecule has 0 bridgehead atoms. The Morgan fingerprint density at radius 3 is 2.68 bits per heavy atom. The first kappa shape index (κ1) is 14.9. The molecule has 1 aromatic rings. The number of piperidine rings is 1. The standard InChI is InChI=1S/C14H17F2N3O3/c1-9-10(22-8-17-9)11(20)19-6-13(5-14(15,16)7-19)3-4-18(2)12(13)21/h8H,3-7H2,1-2H3. The molecule has 8 heteroatoms. The minimum Gasteiger partial charge on any atom is -0.438 e. The molecule has 0 saturated carbocycles. The summed E-state index contributed by atoms with van der Waals surface area (Å²) in [4.78, 5) is 31.0. The van der Waals surface area contributed by atoms with Crippen LogP contribution in [-0.4, -0.2) is 59.2 Å². The minimum absolute atomic E-state index is 0.00919. The molecule has 0 aromatic carbocycles. The summed E-state index contributed by atoms with van der Waals surface area (Å²) in [5, 5.41) is 0. The highest BCUT2D eigenvalue weighted by molar-refractivity contribution is 5.93. The van der Waals surface area contributed by atoms with Crippen molar-refractivity contribution in [3.05, 3.63) is 17.8 Å². The van der Waals surface area contributed by atoms with Crippen LogP contribution in [0.1, 0.15) is 29.1 Å². The van der Waals surface area contributed by atoms with Gasteiger partial charge in [-0.1, -0.05) is 0 Å². The number of amides is 2. The topological polar surface area (TPSA) is 66.7 Å². The number of carbonyl (C=O) groups excluding carboxylic acids is 2. The molecule has 2 fully saturated rings. The molecule has 2 aliphatic rings. The van der Waals surface area contributed by atoms with Gasteiger partial charge >= 0.3 is 0 Å². The van der Waals surface area contributed by atoms with Gasteiger partial charge in [-0.25, -0.2) is 13.8 Å². The number of halogens is 2. The monoisotopic (exact) mass is 313 g/mol. The molecule has 0 radical (unpaired) electrons. The first-order valence-corrected chi connectivity index (χ1v) is 7.07. The molecule has 1 aromatic heterocycles. The number of likely N-dealkylation sites (tertiary alicyclic amines) is 2. The Morgan fingerprint density at radius 1 is 1.41 bits per heavy atom. The summed E-state index contributed by atoms with van der Waals surface area (Å²) >= 11 is 0. The Morgan fingerprint density at radius 2 is 2.14 bits per heavy atom. The van der Waals surface area contributed by atoms with Crippen molar-refractivity contribution in [3.8, 4) is 0 Å². The van der Waals surface area contributed by atoms with Crippen LogP contribution in [0, 0.1) is 12.3 Å². The van der Waals surface area contributed by atoms with Gasteiger partial charge in [0.1, 0.15) is 0 Å². The van der Waals surface area contributed by atoms with E-state index in [0.717, 1.165) is 11.3 Å². The van der Waals surface area contributed by atoms with Crippen molar-refractivity contribution in [2.24, 2.45) is 5.41 Å². The lowest BCUT2D eigenvalue weighted by molar-refractivity contribution is -0.150. The van der Waals surface area contributed by atoms with E-state index in [2.05, 4.69) is 4.98 Å². The SMILES string of the molecule is Cc1ncoc1C(=O)N1CC(F)(F)CC2(CCN(C)C2=O)C1. The fraction of sp³-hybridized carbons (Fsp3) is 0.643. The van der Waals surface area contributed by atoms with Crippen molar-refractivity contribution >= 4 is 11.8 Å². The van der Waals surface area contributed by atoms with Crippen molar-refractivity contribution in [1.82, 2.24) is 14.8 Å². The number of aryl methyl sites for hydroxylation is 1. The lowest BCUT2D eigenvalue weighted by atomic mass is 9.77. The molecule has 2 saturated heterocycles. The third kappa shape index (κ3) is 2.26. The fourth-order valence-corrected chi connectivity index (χ4v) is 3.41. The van der Waals surface area contributed by atoms with Crippen LogP contribution in [0.15, 0.2) is 10.8 Å². The lowest BCUT2D eigenvalue weighted by Crippen LogP contribution is -2.57. The van der Waals surface area contributed by atoms with E-state index in [4.69, 9.17) is 4.42 Å². The summed E-state index contributed by atoms with van der Waals surface area (Å²) in [5.74, 6) is -4.11. The molecule has 3 rings (SSSR count). The molecule has 1 atom stereocenters. The highest BCUT2D eigenvalue weighted by Crippen LogP contribution is 2.45. The van der Waals surface area contributed by atoms with Crippen molar-refractivity contribution in [2.45, 2.75) is 25.7 Å². The van der Waals surface area contributed by atoms with Crippen LogP contribution in [0.3, 0.4) is 0 Å². The smallest absolute Gasteiger partial charge is 0.291 e. The lowest BCUT2D eigenvalue weighted by Gasteiger charge is -2.42. The molecule has 0 aliphatic carbocycles. The van der Waals surface area contributed by atoms with Gasteiger partial charge in [-0.2, -0.15) is 0 Å². The number of nitrogens with zero attached hydrogens (tertiary/aromatic N) is 3. The number of rotatable bonds is 1. The molecule has 0 N–H and O–H groups in total. The Bertz CT molecular complexity index is 631. The first-order valence-electron chi connectivity index (χ1n) is 7.07. The summed E-state index contributed by atoms with van der Waals surface area (Å²) in [7, 11) is 1.59. The maximum absolute atomic E-state index is 14.1. The van der Waals surface area contributed by atoms with E-state index >= 15 is 0 Å². The molecular formula is C14H17F2N3O3. The summed E-state index contributed by atoms with van der Waals surface area (Å²) in [6, 6.07) is 0. The van der Waals surface area contributed by atoms with E-state index in [9.17, 15) is 18.4 Å². The average Bonchev–Trinajstić information content (AvgIpc) is 2.96. The zero-order valence-electron chi connectivity index (χ0n) is 12.4. The van der Waals surface area contributed by atoms with Gasteiger partial charge in [-0.15, -0.1) is 0 Å². The second-order valence-electron chi connectivity index (χ2n) is 6.22. The second kappa shape index (κ2) is 4.76. The third-order valence-corrected chi connectivity index (χ3v) is 4.47. The van der Waals surface area contributed by atoms with Crippen LogP contribution in [0.5, 0.6) is 0 Å². The van der Waals surface area contributed by atoms with Gasteiger partial charge in [0, 0.05) is 26.6 Å². The first-order chi connectivity index (χ1) is 10.2. The zero-order valence-corrected chi connectivity index (χ0v) is 12.4. The number of aromatic nitrogens is 1. The van der Waals surface area contributed by atoms with Crippen LogP contribution in [-0.2, 0) is 4.79 Å². The summed E-state index contributed by atoms with van der Waals surface area (Å²) in [5.41, 5.74) is -0.845. The fourth-order valence-electron chi connectivity index (χ4n) is 3.41. The van der Waals surface area contributed by atoms with Crippen molar-refractivity contribution in [1.29, 1.82) is 0 Å². The molecule has 2 aliphatic heterocycles. The van der Waals surface area contributed by atoms with Crippen LogP contribution < -0.4 is 0 Å². The Kier molecular flexibility index (Phi) is 3.23. The van der Waals surface area contributed by atoms with Gasteiger partial charge in [-0.3, -0.25) is 9.59 Å². The number of carbonyl (C=O) groups is 2. The van der Waals surface area contributed by atoms with Gasteiger partial charge in [0.15, 0.2) is 6.39 Å². The predicted octanol–water partition coefficient (Wildman–Crippen LogP) is 1.31. The van der Waals surface area contributed by atoms with Crippen LogP contribution in [0.25, 0.3) is 0 Å². The van der Waals surface area contributed by atoms with Crippen molar-refractivity contribution in [3.63, 3.8) is 0 Å². The quantitative estimate of drug-likeness (QED) is 0.784. The highest BCUT2D eigenvalue weighted by atomic mass is 19.3. The molecule has 2 amide bonds. The second-order valence-corrected chi connectivity index (χ2v) is 6.22. The van der Waals surface area contributed by atoms with Gasteiger partial charge in [0.05, 0.1) is 17.7 Å². The van der Waals surface area contributed by atoms with E-state index in [0.29, 0.717) is 18.7 Å². The van der Waals surface area contributed by atoms with Crippen LogP contribution >= 0.6 is 0 Å². The molecule has 1 spiro atoms. The van der Waals surface area contributed by atoms with Gasteiger partial charge in [0.25, 0.3) is 11.8 Å². The zero-order chi connectivity index (χ0) is 16.1. The van der Waals surface area contributed by atoms with Crippen LogP contribution in [0.2, 0.25) is 0 Å². The molecule has 6 nitrogen and oxygen atoms in total. The average molecular weight is 313 g/mol. The van der Waals surface area contributed by atoms with Gasteiger partial charge < -0.3 is 14.2 Å². The summed E-state index contributed by atoms with van der Waals surface area (Å²) < 4.78 is 33.3. The Balaban J connectivity index is 1.91. The van der Waals surface area contributed by atoms with Crippen LogP contribution in [0.4, 0.5) is 8.78 Å². The molecule has 22 heavy (non-hydrogen) atoms. The van der Waals surface area contributed by atoms with E-state index in [-0.39, 0.29) is 18.2 Å². The van der Waals surface area contributed by atoms with E-state index in [1.807, 2.05) is 0 Å². The molecule has 120 valence electrons. The van der Waals surface area contributed by atoms with Gasteiger partial charge in [0.2, 0.25) is 11.7 Å². The largest absolute Gasteiger partial charge is 0.438 e. The normalized spacial score (nSPS) is 27.7. The molecular weight excluding hydrogens is 296 g/mol.